The van der Waals surface area contributed by atoms with Crippen LogP contribution in [0.2, 0.25) is 15.3 Å². The van der Waals surface area contributed by atoms with Crippen molar-refractivity contribution in [2.45, 2.75) is 6.92 Å². The number of aromatic nitrogens is 3. The molecule has 0 saturated heterocycles. The van der Waals surface area contributed by atoms with E-state index in [0.717, 1.165) is 0 Å². The molecule has 1 aromatic carbocycles. The Hall–Kier alpha value is -1.49. The molecule has 0 radical (unpaired) electrons. The summed E-state index contributed by atoms with van der Waals surface area (Å²) < 4.78 is 14.1. The number of fused-ring (bicyclic) bond motifs is 1. The molecule has 0 aliphatic heterocycles. The molecular weight excluding hydrogens is 336 g/mol. The summed E-state index contributed by atoms with van der Waals surface area (Å²) in [6, 6.07) is 5.97. The van der Waals surface area contributed by atoms with E-state index in [-0.39, 0.29) is 10.8 Å². The first-order chi connectivity index (χ1) is 9.95. The number of halogens is 4. The van der Waals surface area contributed by atoms with Gasteiger partial charge in [0.25, 0.3) is 0 Å². The maximum absolute atomic E-state index is 14.1. The van der Waals surface area contributed by atoms with Gasteiger partial charge in [-0.25, -0.2) is 14.4 Å². The van der Waals surface area contributed by atoms with Gasteiger partial charge >= 0.3 is 0 Å². The minimum Gasteiger partial charge on any atom is -0.232 e. The summed E-state index contributed by atoms with van der Waals surface area (Å²) >= 11 is 17.8. The molecule has 0 aliphatic rings. The molecule has 0 spiro atoms. The summed E-state index contributed by atoms with van der Waals surface area (Å²) in [5.41, 5.74) is 1.56. The minimum absolute atomic E-state index is 0.0129. The van der Waals surface area contributed by atoms with Gasteiger partial charge in [0.2, 0.25) is 5.28 Å². The van der Waals surface area contributed by atoms with Crippen LogP contribution in [0, 0.1) is 12.7 Å². The van der Waals surface area contributed by atoms with Gasteiger partial charge in [0, 0.05) is 16.0 Å². The van der Waals surface area contributed by atoms with Gasteiger partial charge in [-0.2, -0.15) is 4.98 Å². The predicted octanol–water partition coefficient (Wildman–Crippen LogP) is 5.10. The number of benzene rings is 1. The Bertz CT molecular complexity index is 868. The first-order valence-electron chi connectivity index (χ1n) is 5.91. The predicted molar refractivity (Wildman–Crippen MR) is 82.5 cm³/mol. The topological polar surface area (TPSA) is 38.7 Å². The highest BCUT2D eigenvalue weighted by Crippen LogP contribution is 2.31. The van der Waals surface area contributed by atoms with Crippen molar-refractivity contribution in [1.82, 2.24) is 15.0 Å². The smallest absolute Gasteiger partial charge is 0.225 e. The SMILES string of the molecule is Cc1nc2nc(Cl)nc(-c3ccc(Cl)cc3F)c2cc1Cl. The minimum atomic E-state index is -0.504. The molecule has 0 bridgehead atoms. The van der Waals surface area contributed by atoms with Crippen LogP contribution in [0.15, 0.2) is 24.3 Å². The summed E-state index contributed by atoms with van der Waals surface area (Å²) in [7, 11) is 0. The molecule has 0 aliphatic carbocycles. The van der Waals surface area contributed by atoms with Crippen molar-refractivity contribution in [3.05, 3.63) is 51.1 Å². The highest BCUT2D eigenvalue weighted by molar-refractivity contribution is 6.32. The van der Waals surface area contributed by atoms with Crippen molar-refractivity contribution >= 4 is 45.8 Å². The first-order valence-corrected chi connectivity index (χ1v) is 7.05. The number of hydrogen-bond acceptors (Lipinski definition) is 3. The molecule has 0 unspecified atom stereocenters. The van der Waals surface area contributed by atoms with Crippen molar-refractivity contribution < 1.29 is 4.39 Å². The molecule has 3 nitrogen and oxygen atoms in total. The lowest BCUT2D eigenvalue weighted by Gasteiger charge is -2.08. The average molecular weight is 343 g/mol. The van der Waals surface area contributed by atoms with Crippen molar-refractivity contribution in [3.8, 4) is 11.3 Å². The van der Waals surface area contributed by atoms with E-state index < -0.39 is 5.82 Å². The zero-order chi connectivity index (χ0) is 15.1. The van der Waals surface area contributed by atoms with Crippen molar-refractivity contribution in [2.75, 3.05) is 0 Å². The Morgan fingerprint density at radius 1 is 1.00 bits per heavy atom. The summed E-state index contributed by atoms with van der Waals surface area (Å²) in [6.45, 7) is 1.75. The standard InChI is InChI=1S/C14H7Cl3FN3/c1-6-10(16)5-9-12(20-14(17)21-13(9)19-6)8-3-2-7(15)4-11(8)18/h2-5H,1H3. The molecular formula is C14H7Cl3FN3. The molecule has 7 heteroatoms. The fraction of sp³-hybridized carbons (Fsp3) is 0.0714. The van der Waals surface area contributed by atoms with Crippen LogP contribution in [-0.4, -0.2) is 15.0 Å². The van der Waals surface area contributed by atoms with Crippen LogP contribution in [-0.2, 0) is 0 Å². The second-order valence-electron chi connectivity index (χ2n) is 4.39. The molecule has 0 fully saturated rings. The largest absolute Gasteiger partial charge is 0.232 e. The Morgan fingerprint density at radius 2 is 1.76 bits per heavy atom. The number of pyridine rings is 1. The van der Waals surface area contributed by atoms with Crippen LogP contribution in [0.4, 0.5) is 4.39 Å². The second-order valence-corrected chi connectivity index (χ2v) is 5.57. The number of rotatable bonds is 1. The Kier molecular flexibility index (Phi) is 3.69. The van der Waals surface area contributed by atoms with Crippen molar-refractivity contribution in [1.29, 1.82) is 0 Å². The lowest BCUT2D eigenvalue weighted by atomic mass is 10.1. The molecule has 2 aromatic heterocycles. The van der Waals surface area contributed by atoms with Crippen molar-refractivity contribution in [2.24, 2.45) is 0 Å². The Labute approximate surface area is 134 Å². The third-order valence-electron chi connectivity index (χ3n) is 2.97. The highest BCUT2D eigenvalue weighted by atomic mass is 35.5. The summed E-state index contributed by atoms with van der Waals surface area (Å²) in [5.74, 6) is -0.504. The number of hydrogen-bond donors (Lipinski definition) is 0. The van der Waals surface area contributed by atoms with E-state index in [0.29, 0.717) is 32.5 Å². The van der Waals surface area contributed by atoms with Gasteiger partial charge in [-0.3, -0.25) is 0 Å². The van der Waals surface area contributed by atoms with Crippen LogP contribution in [0.3, 0.4) is 0 Å². The molecule has 0 atom stereocenters. The van der Waals surface area contributed by atoms with E-state index in [1.54, 1.807) is 19.1 Å². The Morgan fingerprint density at radius 3 is 2.48 bits per heavy atom. The quantitative estimate of drug-likeness (QED) is 0.578. The van der Waals surface area contributed by atoms with E-state index in [4.69, 9.17) is 34.8 Å². The van der Waals surface area contributed by atoms with Crippen LogP contribution in [0.5, 0.6) is 0 Å². The molecule has 21 heavy (non-hydrogen) atoms. The summed E-state index contributed by atoms with van der Waals surface area (Å²) in [5, 5.41) is 1.26. The van der Waals surface area contributed by atoms with E-state index in [2.05, 4.69) is 15.0 Å². The monoisotopic (exact) mass is 341 g/mol. The highest BCUT2D eigenvalue weighted by Gasteiger charge is 2.15. The van der Waals surface area contributed by atoms with Gasteiger partial charge < -0.3 is 0 Å². The van der Waals surface area contributed by atoms with Crippen LogP contribution in [0.1, 0.15) is 5.69 Å². The van der Waals surface area contributed by atoms with Crippen LogP contribution >= 0.6 is 34.8 Å². The van der Waals surface area contributed by atoms with Gasteiger partial charge in [-0.1, -0.05) is 23.2 Å². The second kappa shape index (κ2) is 5.37. The maximum Gasteiger partial charge on any atom is 0.225 e. The van der Waals surface area contributed by atoms with Gasteiger partial charge in [0.15, 0.2) is 5.65 Å². The molecule has 3 aromatic rings. The fourth-order valence-electron chi connectivity index (χ4n) is 1.98. The molecule has 106 valence electrons. The molecule has 0 N–H and O–H groups in total. The third kappa shape index (κ3) is 2.67. The van der Waals surface area contributed by atoms with E-state index in [9.17, 15) is 4.39 Å². The maximum atomic E-state index is 14.1. The fourth-order valence-corrected chi connectivity index (χ4v) is 2.45. The molecule has 3 rings (SSSR count). The third-order valence-corrected chi connectivity index (χ3v) is 3.76. The summed E-state index contributed by atoms with van der Waals surface area (Å²) in [6.07, 6.45) is 0. The average Bonchev–Trinajstić information content (AvgIpc) is 2.40. The molecule has 0 amide bonds. The van der Waals surface area contributed by atoms with Gasteiger partial charge in [0.05, 0.1) is 16.4 Å². The normalized spacial score (nSPS) is 11.1. The lowest BCUT2D eigenvalue weighted by Crippen LogP contribution is -1.97. The van der Waals surface area contributed by atoms with Crippen LogP contribution in [0.25, 0.3) is 22.3 Å². The van der Waals surface area contributed by atoms with E-state index in [1.165, 1.54) is 12.1 Å². The zero-order valence-corrected chi connectivity index (χ0v) is 12.9. The van der Waals surface area contributed by atoms with E-state index in [1.807, 2.05) is 0 Å². The number of nitrogens with zero attached hydrogens (tertiary/aromatic N) is 3. The molecule has 2 heterocycles. The number of aryl methyl sites for hydroxylation is 1. The van der Waals surface area contributed by atoms with E-state index >= 15 is 0 Å². The lowest BCUT2D eigenvalue weighted by molar-refractivity contribution is 0.631. The zero-order valence-electron chi connectivity index (χ0n) is 10.7. The van der Waals surface area contributed by atoms with Gasteiger partial charge in [-0.15, -0.1) is 0 Å². The van der Waals surface area contributed by atoms with Gasteiger partial charge in [-0.05, 0) is 42.8 Å². The van der Waals surface area contributed by atoms with Crippen LogP contribution < -0.4 is 0 Å². The Balaban J connectivity index is 2.38. The molecule has 0 saturated carbocycles. The van der Waals surface area contributed by atoms with Crippen molar-refractivity contribution in [3.63, 3.8) is 0 Å². The van der Waals surface area contributed by atoms with Gasteiger partial charge in [0.1, 0.15) is 5.82 Å². The summed E-state index contributed by atoms with van der Waals surface area (Å²) in [4.78, 5) is 12.4. The first kappa shape index (κ1) is 14.4.